The first-order valence-corrected chi connectivity index (χ1v) is 11.4. The lowest BCUT2D eigenvalue weighted by Crippen LogP contribution is -2.27. The number of carboxylic acids is 1. The number of ether oxygens (including phenoxy) is 1. The number of aliphatic carboxylic acids is 1. The summed E-state index contributed by atoms with van der Waals surface area (Å²) in [6, 6.07) is 7.72. The predicted molar refractivity (Wildman–Crippen MR) is 123 cm³/mol. The van der Waals surface area contributed by atoms with Crippen molar-refractivity contribution in [2.75, 3.05) is 26.2 Å². The smallest absolute Gasteiger partial charge is 0.417 e. The molecular formula is C23H18BrClF3NO5. The third-order valence-corrected chi connectivity index (χ3v) is 6.42. The molecular weight excluding hydrogens is 543 g/mol. The van der Waals surface area contributed by atoms with E-state index in [-0.39, 0.29) is 23.0 Å². The number of benzene rings is 2. The summed E-state index contributed by atoms with van der Waals surface area (Å²) < 4.78 is 52.5. The lowest BCUT2D eigenvalue weighted by molar-refractivity contribution is -0.141. The molecule has 1 atom stereocenters. The molecule has 0 radical (unpaired) electrons. The number of carboxylic acid groups (broad SMARTS) is 1. The fraction of sp³-hybridized carbons (Fsp3) is 0.304. The molecule has 1 aromatic heterocycles. The van der Waals surface area contributed by atoms with E-state index in [9.17, 15) is 22.8 Å². The number of carbonyl (C=O) groups is 1. The van der Waals surface area contributed by atoms with Crippen molar-refractivity contribution in [1.82, 2.24) is 4.90 Å². The van der Waals surface area contributed by atoms with Crippen LogP contribution < -0.4 is 10.2 Å². The van der Waals surface area contributed by atoms with Crippen molar-refractivity contribution in [2.45, 2.75) is 12.6 Å². The molecule has 0 unspecified atom stereocenters. The highest BCUT2D eigenvalue weighted by molar-refractivity contribution is 9.10. The summed E-state index contributed by atoms with van der Waals surface area (Å²) in [5, 5.41) is 8.38. The van der Waals surface area contributed by atoms with Gasteiger partial charge in [-0.3, -0.25) is 14.5 Å². The highest BCUT2D eigenvalue weighted by Crippen LogP contribution is 2.39. The molecule has 2 aromatic carbocycles. The van der Waals surface area contributed by atoms with Crippen molar-refractivity contribution in [3.8, 4) is 17.1 Å². The van der Waals surface area contributed by atoms with Crippen LogP contribution in [0.25, 0.3) is 22.3 Å². The van der Waals surface area contributed by atoms with E-state index in [4.69, 9.17) is 25.9 Å². The Balaban J connectivity index is 1.65. The summed E-state index contributed by atoms with van der Waals surface area (Å²) >= 11 is 9.43. The average Bonchev–Trinajstić information content (AvgIpc) is 3.23. The van der Waals surface area contributed by atoms with Crippen molar-refractivity contribution in [3.63, 3.8) is 0 Å². The third-order valence-electron chi connectivity index (χ3n) is 5.63. The Hall–Kier alpha value is -2.56. The van der Waals surface area contributed by atoms with Crippen LogP contribution in [-0.2, 0) is 11.0 Å². The topological polar surface area (TPSA) is 80.0 Å². The van der Waals surface area contributed by atoms with E-state index in [1.165, 1.54) is 0 Å². The molecule has 180 valence electrons. The number of hydrogen-bond donors (Lipinski definition) is 1. The van der Waals surface area contributed by atoms with Gasteiger partial charge in [-0.25, -0.2) is 0 Å². The monoisotopic (exact) mass is 559 g/mol. The zero-order valence-electron chi connectivity index (χ0n) is 17.5. The van der Waals surface area contributed by atoms with Crippen LogP contribution in [0.4, 0.5) is 13.2 Å². The van der Waals surface area contributed by atoms with Gasteiger partial charge in [0.1, 0.15) is 18.1 Å². The van der Waals surface area contributed by atoms with E-state index >= 15 is 0 Å². The first-order valence-electron chi connectivity index (χ1n) is 10.3. The van der Waals surface area contributed by atoms with Crippen molar-refractivity contribution in [1.29, 1.82) is 0 Å². The number of hydrogen-bond acceptors (Lipinski definition) is 5. The molecule has 6 nitrogen and oxygen atoms in total. The van der Waals surface area contributed by atoms with Gasteiger partial charge in [-0.05, 0) is 43.3 Å². The molecule has 0 bridgehead atoms. The molecule has 0 amide bonds. The molecule has 0 aliphatic carbocycles. The van der Waals surface area contributed by atoms with Crippen LogP contribution in [0.5, 0.6) is 5.75 Å². The summed E-state index contributed by atoms with van der Waals surface area (Å²) in [4.78, 5) is 25.8. The average molecular weight is 561 g/mol. The molecule has 34 heavy (non-hydrogen) atoms. The van der Waals surface area contributed by atoms with Crippen LogP contribution in [0.3, 0.4) is 0 Å². The number of fused-ring (bicyclic) bond motifs is 1. The summed E-state index contributed by atoms with van der Waals surface area (Å²) in [6.07, 6.45) is -4.18. The Kier molecular flexibility index (Phi) is 6.93. The minimum atomic E-state index is -4.75. The number of halogens is 5. The summed E-state index contributed by atoms with van der Waals surface area (Å²) in [7, 11) is 0. The van der Waals surface area contributed by atoms with Crippen LogP contribution in [0.15, 0.2) is 50.1 Å². The van der Waals surface area contributed by atoms with Crippen LogP contribution in [0, 0.1) is 5.92 Å². The second-order valence-electron chi connectivity index (χ2n) is 7.89. The molecule has 1 saturated heterocycles. The summed E-state index contributed by atoms with van der Waals surface area (Å²) in [6.45, 7) is 1.79. The van der Waals surface area contributed by atoms with Gasteiger partial charge in [0, 0.05) is 23.6 Å². The molecule has 2 heterocycles. The molecule has 0 saturated carbocycles. The zero-order valence-corrected chi connectivity index (χ0v) is 19.8. The van der Waals surface area contributed by atoms with Gasteiger partial charge >= 0.3 is 12.1 Å². The molecule has 1 aliphatic heterocycles. The Morgan fingerprint density at radius 3 is 2.71 bits per heavy atom. The Morgan fingerprint density at radius 1 is 1.26 bits per heavy atom. The van der Waals surface area contributed by atoms with Crippen LogP contribution in [0.1, 0.15) is 12.0 Å². The van der Waals surface area contributed by atoms with Crippen molar-refractivity contribution < 1.29 is 32.2 Å². The quantitative estimate of drug-likeness (QED) is 0.418. The predicted octanol–water partition coefficient (Wildman–Crippen LogP) is 5.68. The minimum absolute atomic E-state index is 0.00772. The van der Waals surface area contributed by atoms with E-state index in [0.717, 1.165) is 18.2 Å². The van der Waals surface area contributed by atoms with Gasteiger partial charge in [-0.1, -0.05) is 27.5 Å². The molecule has 0 spiro atoms. The van der Waals surface area contributed by atoms with Gasteiger partial charge in [-0.2, -0.15) is 13.2 Å². The molecule has 1 fully saturated rings. The lowest BCUT2D eigenvalue weighted by Gasteiger charge is -2.17. The SMILES string of the molecule is O=C(O)[C@@H]1CCN(CCOc2cc(Br)ccc2-c2cc(=O)c3c(C(F)(F)F)ccc(Cl)c3o2)C1. The van der Waals surface area contributed by atoms with Crippen LogP contribution in [0.2, 0.25) is 5.02 Å². The molecule has 11 heteroatoms. The van der Waals surface area contributed by atoms with E-state index in [2.05, 4.69) is 15.9 Å². The van der Waals surface area contributed by atoms with Crippen LogP contribution in [-0.4, -0.2) is 42.2 Å². The number of rotatable bonds is 6. The maximum absolute atomic E-state index is 13.4. The fourth-order valence-corrected chi connectivity index (χ4v) is 4.48. The first-order chi connectivity index (χ1) is 16.0. The van der Waals surface area contributed by atoms with Gasteiger partial charge in [-0.15, -0.1) is 0 Å². The zero-order chi connectivity index (χ0) is 24.6. The van der Waals surface area contributed by atoms with Gasteiger partial charge in [0.05, 0.1) is 27.5 Å². The van der Waals surface area contributed by atoms with Crippen LogP contribution >= 0.6 is 27.5 Å². The van der Waals surface area contributed by atoms with Gasteiger partial charge < -0.3 is 14.3 Å². The second-order valence-corrected chi connectivity index (χ2v) is 9.21. The highest BCUT2D eigenvalue weighted by atomic mass is 79.9. The van der Waals surface area contributed by atoms with E-state index in [1.807, 2.05) is 4.90 Å². The minimum Gasteiger partial charge on any atom is -0.491 e. The highest BCUT2D eigenvalue weighted by Gasteiger charge is 2.35. The van der Waals surface area contributed by atoms with Gasteiger partial charge in [0.15, 0.2) is 11.0 Å². The van der Waals surface area contributed by atoms with E-state index < -0.39 is 34.4 Å². The van der Waals surface area contributed by atoms with E-state index in [0.29, 0.717) is 41.8 Å². The van der Waals surface area contributed by atoms with Crippen molar-refractivity contribution in [2.24, 2.45) is 5.92 Å². The molecule has 1 aliphatic rings. The van der Waals surface area contributed by atoms with Crippen molar-refractivity contribution >= 4 is 44.5 Å². The molecule has 4 rings (SSSR count). The Bertz CT molecular complexity index is 1310. The van der Waals surface area contributed by atoms with Gasteiger partial charge in [0.2, 0.25) is 0 Å². The second kappa shape index (κ2) is 9.59. The maximum atomic E-state index is 13.4. The summed E-state index contributed by atoms with van der Waals surface area (Å²) in [5.74, 6) is -0.877. The molecule has 3 aromatic rings. The molecule has 1 N–H and O–H groups in total. The maximum Gasteiger partial charge on any atom is 0.417 e. The number of alkyl halides is 3. The normalized spacial score (nSPS) is 16.8. The fourth-order valence-electron chi connectivity index (χ4n) is 3.94. The van der Waals surface area contributed by atoms with Gasteiger partial charge in [0.25, 0.3) is 0 Å². The number of likely N-dealkylation sites (tertiary alicyclic amines) is 1. The Morgan fingerprint density at radius 2 is 2.03 bits per heavy atom. The van der Waals surface area contributed by atoms with Crippen molar-refractivity contribution in [3.05, 3.63) is 61.7 Å². The van der Waals surface area contributed by atoms with E-state index in [1.54, 1.807) is 18.2 Å². The number of nitrogens with zero attached hydrogens (tertiary/aromatic N) is 1. The largest absolute Gasteiger partial charge is 0.491 e. The lowest BCUT2D eigenvalue weighted by atomic mass is 10.1. The summed E-state index contributed by atoms with van der Waals surface area (Å²) in [5.41, 5.74) is -1.99. The third kappa shape index (κ3) is 5.08. The Labute approximate surface area is 205 Å². The first kappa shape index (κ1) is 24.6. The standard InChI is InChI=1S/C23H18BrClF3NO5/c24-13-1-2-14(18(9-13)33-8-7-29-6-5-12(11-29)22(31)32)19-10-17(30)20-15(23(26,27)28)3-4-16(25)21(20)34-19/h1-4,9-10,12H,5-8,11H2,(H,31,32)/t12-/m1/s1.